The van der Waals surface area contributed by atoms with Gasteiger partial charge >= 0.3 is 0 Å². The predicted octanol–water partition coefficient (Wildman–Crippen LogP) is 2.27. The number of amides is 1. The molecule has 0 saturated heterocycles. The lowest BCUT2D eigenvalue weighted by atomic mass is 10.4. The minimum atomic E-state index is -0.352. The van der Waals surface area contributed by atoms with E-state index in [4.69, 9.17) is 28.4 Å². The number of hydrogen-bond donors (Lipinski definition) is 2. The summed E-state index contributed by atoms with van der Waals surface area (Å²) in [5.41, 5.74) is 0.139. The highest BCUT2D eigenvalue weighted by atomic mass is 79.9. The summed E-state index contributed by atoms with van der Waals surface area (Å²) in [5.74, 6) is -0.376. The van der Waals surface area contributed by atoms with Crippen LogP contribution >= 0.6 is 39.1 Å². The second-order valence-corrected chi connectivity index (χ2v) is 4.04. The third-order valence-corrected chi connectivity index (χ3v) is 2.50. The SMILES string of the molecule is CC(=O)Nc1nc(Cl)c(/C(Br)=N\O)c(Cl)n1. The highest BCUT2D eigenvalue weighted by Gasteiger charge is 2.16. The molecular formula is C7H5BrCl2N4O2. The van der Waals surface area contributed by atoms with Gasteiger partial charge in [0.25, 0.3) is 0 Å². The van der Waals surface area contributed by atoms with Crippen LogP contribution in [0.15, 0.2) is 5.16 Å². The fourth-order valence-electron chi connectivity index (χ4n) is 0.841. The standard InChI is InChI=1S/C7H5BrCl2N4O2/c1-2(15)11-7-12-5(9)3(4(8)14-16)6(10)13-7/h16H,1H3,(H,11,12,13,15)/b14-4+. The monoisotopic (exact) mass is 326 g/mol. The summed E-state index contributed by atoms with van der Waals surface area (Å²) in [6.45, 7) is 1.30. The van der Waals surface area contributed by atoms with Crippen molar-refractivity contribution in [2.24, 2.45) is 5.16 Å². The van der Waals surface area contributed by atoms with Gasteiger partial charge in [-0.2, -0.15) is 9.97 Å². The number of hydrogen-bond acceptors (Lipinski definition) is 5. The van der Waals surface area contributed by atoms with E-state index in [1.807, 2.05) is 0 Å². The second kappa shape index (κ2) is 5.42. The van der Waals surface area contributed by atoms with Gasteiger partial charge in [0.1, 0.15) is 10.3 Å². The van der Waals surface area contributed by atoms with E-state index in [2.05, 4.69) is 36.4 Å². The van der Waals surface area contributed by atoms with E-state index in [9.17, 15) is 4.79 Å². The lowest BCUT2D eigenvalue weighted by Crippen LogP contribution is -2.11. The lowest BCUT2D eigenvalue weighted by molar-refractivity contribution is -0.114. The van der Waals surface area contributed by atoms with E-state index in [-0.39, 0.29) is 32.3 Å². The van der Waals surface area contributed by atoms with E-state index >= 15 is 0 Å². The maximum Gasteiger partial charge on any atom is 0.232 e. The summed E-state index contributed by atoms with van der Waals surface area (Å²) >= 11 is 14.5. The van der Waals surface area contributed by atoms with Crippen molar-refractivity contribution in [2.45, 2.75) is 6.92 Å². The molecule has 0 spiro atoms. The van der Waals surface area contributed by atoms with Crippen molar-refractivity contribution < 1.29 is 10.0 Å². The molecule has 0 aliphatic heterocycles. The molecule has 2 N–H and O–H groups in total. The second-order valence-electron chi connectivity index (χ2n) is 2.58. The smallest absolute Gasteiger partial charge is 0.232 e. The number of halogens is 3. The Bertz CT molecular complexity index is 443. The average Bonchev–Trinajstić information content (AvgIpc) is 2.15. The zero-order valence-corrected chi connectivity index (χ0v) is 10.9. The van der Waals surface area contributed by atoms with Gasteiger partial charge in [-0.15, -0.1) is 0 Å². The van der Waals surface area contributed by atoms with Crippen LogP contribution in [0.1, 0.15) is 12.5 Å². The van der Waals surface area contributed by atoms with Gasteiger partial charge in [-0.05, 0) is 15.9 Å². The van der Waals surface area contributed by atoms with Crippen molar-refractivity contribution >= 4 is 55.6 Å². The molecule has 0 atom stereocenters. The van der Waals surface area contributed by atoms with E-state index < -0.39 is 0 Å². The molecule has 6 nitrogen and oxygen atoms in total. The van der Waals surface area contributed by atoms with Gasteiger partial charge in [0.2, 0.25) is 11.9 Å². The maximum absolute atomic E-state index is 10.8. The summed E-state index contributed by atoms with van der Waals surface area (Å²) in [4.78, 5) is 18.3. The first kappa shape index (κ1) is 13.1. The highest BCUT2D eigenvalue weighted by Crippen LogP contribution is 2.25. The van der Waals surface area contributed by atoms with Crippen LogP contribution in [0.4, 0.5) is 5.95 Å². The molecule has 0 unspecified atom stereocenters. The molecule has 1 aromatic rings. The van der Waals surface area contributed by atoms with Gasteiger partial charge in [0, 0.05) is 6.92 Å². The van der Waals surface area contributed by atoms with Crippen LogP contribution in [0.5, 0.6) is 0 Å². The molecule has 1 rings (SSSR count). The van der Waals surface area contributed by atoms with E-state index in [0.29, 0.717) is 0 Å². The number of oxime groups is 1. The van der Waals surface area contributed by atoms with Crippen molar-refractivity contribution in [3.05, 3.63) is 15.9 Å². The Morgan fingerprint density at radius 3 is 2.31 bits per heavy atom. The summed E-state index contributed by atoms with van der Waals surface area (Å²) in [6.07, 6.45) is 0. The maximum atomic E-state index is 10.8. The minimum Gasteiger partial charge on any atom is -0.410 e. The Kier molecular flexibility index (Phi) is 4.45. The molecular weight excluding hydrogens is 323 g/mol. The number of rotatable bonds is 2. The lowest BCUT2D eigenvalue weighted by Gasteiger charge is -2.05. The molecule has 0 aromatic carbocycles. The van der Waals surface area contributed by atoms with Gasteiger partial charge in [0.15, 0.2) is 4.62 Å². The van der Waals surface area contributed by atoms with Crippen LogP contribution in [0.25, 0.3) is 0 Å². The average molecular weight is 328 g/mol. The summed E-state index contributed by atoms with van der Waals surface area (Å²) in [5, 5.41) is 13.6. The van der Waals surface area contributed by atoms with Crippen molar-refractivity contribution in [3.8, 4) is 0 Å². The van der Waals surface area contributed by atoms with Crippen molar-refractivity contribution in [1.29, 1.82) is 0 Å². The molecule has 1 amide bonds. The van der Waals surface area contributed by atoms with Crippen LogP contribution in [0.3, 0.4) is 0 Å². The Hall–Kier alpha value is -0.920. The highest BCUT2D eigenvalue weighted by molar-refractivity contribution is 9.18. The zero-order chi connectivity index (χ0) is 12.3. The Labute approximate surface area is 109 Å². The number of aromatic nitrogens is 2. The molecule has 0 aliphatic rings. The molecule has 16 heavy (non-hydrogen) atoms. The van der Waals surface area contributed by atoms with Gasteiger partial charge in [0.05, 0.1) is 5.56 Å². The van der Waals surface area contributed by atoms with Gasteiger partial charge in [-0.3, -0.25) is 10.1 Å². The van der Waals surface area contributed by atoms with E-state index in [1.54, 1.807) is 0 Å². The number of carbonyl (C=O) groups is 1. The normalized spacial score (nSPS) is 11.4. The van der Waals surface area contributed by atoms with Crippen LogP contribution in [-0.4, -0.2) is 25.7 Å². The van der Waals surface area contributed by atoms with Gasteiger partial charge < -0.3 is 5.21 Å². The summed E-state index contributed by atoms with van der Waals surface area (Å²) < 4.78 is -0.00289. The third kappa shape index (κ3) is 3.03. The number of nitrogens with one attached hydrogen (secondary N) is 1. The number of anilines is 1. The first-order chi connectivity index (χ1) is 7.45. The third-order valence-electron chi connectivity index (χ3n) is 1.40. The Morgan fingerprint density at radius 2 is 1.94 bits per heavy atom. The molecule has 86 valence electrons. The van der Waals surface area contributed by atoms with Gasteiger partial charge in [-0.1, -0.05) is 28.4 Å². The Balaban J connectivity index is 3.22. The van der Waals surface area contributed by atoms with E-state index in [0.717, 1.165) is 0 Å². The first-order valence-corrected chi connectivity index (χ1v) is 5.39. The molecule has 0 aliphatic carbocycles. The van der Waals surface area contributed by atoms with Crippen LogP contribution in [0, 0.1) is 0 Å². The molecule has 1 aromatic heterocycles. The van der Waals surface area contributed by atoms with Crippen LogP contribution in [-0.2, 0) is 4.79 Å². The zero-order valence-electron chi connectivity index (χ0n) is 7.83. The largest absolute Gasteiger partial charge is 0.410 e. The molecule has 1 heterocycles. The first-order valence-electron chi connectivity index (χ1n) is 3.84. The van der Waals surface area contributed by atoms with Crippen LogP contribution < -0.4 is 5.32 Å². The molecule has 0 radical (unpaired) electrons. The number of carbonyl (C=O) groups excluding carboxylic acids is 1. The topological polar surface area (TPSA) is 87.5 Å². The molecule has 0 saturated carbocycles. The quantitative estimate of drug-likeness (QED) is 0.377. The van der Waals surface area contributed by atoms with E-state index in [1.165, 1.54) is 6.92 Å². The molecule has 0 bridgehead atoms. The van der Waals surface area contributed by atoms with Gasteiger partial charge in [-0.25, -0.2) is 0 Å². The minimum absolute atomic E-state index is 0.00289. The van der Waals surface area contributed by atoms with Crippen molar-refractivity contribution in [3.63, 3.8) is 0 Å². The fraction of sp³-hybridized carbons (Fsp3) is 0.143. The van der Waals surface area contributed by atoms with Crippen LogP contribution in [0.2, 0.25) is 10.3 Å². The molecule has 9 heteroatoms. The van der Waals surface area contributed by atoms with Crippen molar-refractivity contribution in [1.82, 2.24) is 9.97 Å². The van der Waals surface area contributed by atoms with Crippen molar-refractivity contribution in [2.75, 3.05) is 5.32 Å². The Morgan fingerprint density at radius 1 is 1.44 bits per heavy atom. The number of nitrogens with zero attached hydrogens (tertiary/aromatic N) is 3. The summed E-state index contributed by atoms with van der Waals surface area (Å²) in [7, 11) is 0. The molecule has 0 fully saturated rings. The summed E-state index contributed by atoms with van der Waals surface area (Å²) in [6, 6.07) is 0. The fourth-order valence-corrected chi connectivity index (χ4v) is 2.01. The predicted molar refractivity (Wildman–Crippen MR) is 63.6 cm³/mol.